The molecule has 1 aliphatic rings. The maximum absolute atomic E-state index is 9.32. The molecule has 0 unspecified atom stereocenters. The van der Waals surface area contributed by atoms with Crippen LogP contribution in [-0.2, 0) is 13.0 Å². The minimum atomic E-state index is -0.0743. The first-order valence-electron chi connectivity index (χ1n) is 9.07. The summed E-state index contributed by atoms with van der Waals surface area (Å²) in [6, 6.07) is 11.0. The molecule has 0 spiro atoms. The van der Waals surface area contributed by atoms with Gasteiger partial charge in [0.2, 0.25) is 5.95 Å². The number of aromatic nitrogens is 2. The molecule has 2 N–H and O–H groups in total. The summed E-state index contributed by atoms with van der Waals surface area (Å²) < 4.78 is 0. The Bertz CT molecular complexity index is 731. The van der Waals surface area contributed by atoms with Gasteiger partial charge in [0.1, 0.15) is 5.82 Å². The van der Waals surface area contributed by atoms with Gasteiger partial charge < -0.3 is 15.3 Å². The van der Waals surface area contributed by atoms with Crippen molar-refractivity contribution >= 4 is 11.8 Å². The Morgan fingerprint density at radius 3 is 2.60 bits per heavy atom. The predicted octanol–water partition coefficient (Wildman–Crippen LogP) is 3.34. The van der Waals surface area contributed by atoms with E-state index < -0.39 is 0 Å². The van der Waals surface area contributed by atoms with Crippen LogP contribution < -0.4 is 10.2 Å². The first-order chi connectivity index (χ1) is 12.0. The summed E-state index contributed by atoms with van der Waals surface area (Å²) in [4.78, 5) is 11.7. The zero-order valence-corrected chi connectivity index (χ0v) is 15.5. The van der Waals surface area contributed by atoms with Gasteiger partial charge in [0.15, 0.2) is 0 Å². The second-order valence-electron chi connectivity index (χ2n) is 7.31. The van der Waals surface area contributed by atoms with Gasteiger partial charge in [-0.1, -0.05) is 38.1 Å². The van der Waals surface area contributed by atoms with E-state index >= 15 is 0 Å². The molecule has 25 heavy (non-hydrogen) atoms. The third-order valence-electron chi connectivity index (χ3n) is 4.77. The quantitative estimate of drug-likeness (QED) is 0.874. The molecule has 5 heteroatoms. The molecule has 1 aromatic carbocycles. The highest BCUT2D eigenvalue weighted by Gasteiger charge is 2.25. The van der Waals surface area contributed by atoms with Crippen LogP contribution in [0.3, 0.4) is 0 Å². The van der Waals surface area contributed by atoms with Crippen LogP contribution in [0.4, 0.5) is 11.8 Å². The largest absolute Gasteiger partial charge is 0.394 e. The second-order valence-corrected chi connectivity index (χ2v) is 7.31. The van der Waals surface area contributed by atoms with E-state index in [9.17, 15) is 5.11 Å². The van der Waals surface area contributed by atoms with Crippen molar-refractivity contribution in [2.75, 3.05) is 16.8 Å². The number of benzene rings is 1. The fourth-order valence-electron chi connectivity index (χ4n) is 3.21. The van der Waals surface area contributed by atoms with Gasteiger partial charge in [0.05, 0.1) is 12.3 Å². The zero-order chi connectivity index (χ0) is 18.0. The first kappa shape index (κ1) is 17.7. The molecular formula is C20H28N4O. The summed E-state index contributed by atoms with van der Waals surface area (Å²) in [5.74, 6) is 1.86. The molecule has 0 amide bonds. The summed E-state index contributed by atoms with van der Waals surface area (Å²) in [5, 5.41) is 12.5. The summed E-state index contributed by atoms with van der Waals surface area (Å²) in [7, 11) is 0. The SMILES string of the molecule is CC(C)c1cc(N2Cc3ccccc3C[C@@H]2C)nc(N[C@@H](C)CO)n1. The fourth-order valence-corrected chi connectivity index (χ4v) is 3.21. The fraction of sp³-hybridized carbons (Fsp3) is 0.500. The monoisotopic (exact) mass is 340 g/mol. The van der Waals surface area contributed by atoms with Crippen LogP contribution in [0.15, 0.2) is 30.3 Å². The van der Waals surface area contributed by atoms with Crippen LogP contribution in [-0.4, -0.2) is 33.8 Å². The normalized spacial score (nSPS) is 18.2. The van der Waals surface area contributed by atoms with Crippen molar-refractivity contribution in [2.24, 2.45) is 0 Å². The Morgan fingerprint density at radius 1 is 1.20 bits per heavy atom. The Balaban J connectivity index is 1.95. The van der Waals surface area contributed by atoms with Crippen molar-refractivity contribution in [3.05, 3.63) is 47.2 Å². The van der Waals surface area contributed by atoms with Gasteiger partial charge in [-0.05, 0) is 37.3 Å². The molecule has 1 aliphatic heterocycles. The summed E-state index contributed by atoms with van der Waals surface area (Å²) in [6.45, 7) is 9.36. The number of aliphatic hydroxyl groups excluding tert-OH is 1. The van der Waals surface area contributed by atoms with Gasteiger partial charge >= 0.3 is 0 Å². The van der Waals surface area contributed by atoms with Gasteiger partial charge in [0.25, 0.3) is 0 Å². The maximum atomic E-state index is 9.32. The van der Waals surface area contributed by atoms with E-state index in [1.54, 1.807) is 0 Å². The highest BCUT2D eigenvalue weighted by molar-refractivity contribution is 5.50. The molecule has 2 heterocycles. The lowest BCUT2D eigenvalue weighted by Crippen LogP contribution is -2.39. The van der Waals surface area contributed by atoms with Crippen LogP contribution in [0.1, 0.15) is 50.4 Å². The molecule has 0 aliphatic carbocycles. The van der Waals surface area contributed by atoms with Crippen molar-refractivity contribution in [1.29, 1.82) is 0 Å². The predicted molar refractivity (Wildman–Crippen MR) is 102 cm³/mol. The Labute approximate surface area is 150 Å². The second kappa shape index (κ2) is 7.40. The van der Waals surface area contributed by atoms with Gasteiger partial charge in [-0.2, -0.15) is 4.98 Å². The van der Waals surface area contributed by atoms with Gasteiger partial charge in [-0.15, -0.1) is 0 Å². The van der Waals surface area contributed by atoms with Crippen molar-refractivity contribution < 1.29 is 5.11 Å². The average Bonchev–Trinajstić information content (AvgIpc) is 2.60. The summed E-state index contributed by atoms with van der Waals surface area (Å²) in [5.41, 5.74) is 3.81. The maximum Gasteiger partial charge on any atom is 0.225 e. The zero-order valence-electron chi connectivity index (χ0n) is 15.5. The molecule has 2 aromatic rings. The van der Waals surface area contributed by atoms with E-state index in [-0.39, 0.29) is 12.6 Å². The van der Waals surface area contributed by atoms with E-state index in [0.29, 0.717) is 17.9 Å². The lowest BCUT2D eigenvalue weighted by atomic mass is 9.95. The molecule has 0 saturated heterocycles. The summed E-state index contributed by atoms with van der Waals surface area (Å²) >= 11 is 0. The van der Waals surface area contributed by atoms with Crippen LogP contribution >= 0.6 is 0 Å². The van der Waals surface area contributed by atoms with Crippen molar-refractivity contribution in [2.45, 2.75) is 58.7 Å². The molecule has 134 valence electrons. The van der Waals surface area contributed by atoms with E-state index in [0.717, 1.165) is 24.5 Å². The Morgan fingerprint density at radius 2 is 1.92 bits per heavy atom. The van der Waals surface area contributed by atoms with Crippen LogP contribution in [0.2, 0.25) is 0 Å². The van der Waals surface area contributed by atoms with E-state index in [2.05, 4.69) is 66.3 Å². The molecule has 1 aromatic heterocycles. The third-order valence-corrected chi connectivity index (χ3v) is 4.77. The van der Waals surface area contributed by atoms with Crippen LogP contribution in [0.25, 0.3) is 0 Å². The topological polar surface area (TPSA) is 61.3 Å². The highest BCUT2D eigenvalue weighted by Crippen LogP contribution is 2.29. The smallest absolute Gasteiger partial charge is 0.225 e. The van der Waals surface area contributed by atoms with Gasteiger partial charge in [0, 0.05) is 24.7 Å². The Hall–Kier alpha value is -2.14. The van der Waals surface area contributed by atoms with Crippen LogP contribution in [0.5, 0.6) is 0 Å². The standard InChI is InChI=1S/C20H28N4O/c1-13(2)18-10-19(23-20(22-18)21-14(3)12-25)24-11-17-8-6-5-7-16(17)9-15(24)4/h5-8,10,13-15,25H,9,11-12H2,1-4H3,(H,21,22,23)/t14-,15-/m0/s1. The van der Waals surface area contributed by atoms with E-state index in [1.807, 2.05) is 6.92 Å². The third kappa shape index (κ3) is 3.93. The van der Waals surface area contributed by atoms with Gasteiger partial charge in [-0.3, -0.25) is 0 Å². The lowest BCUT2D eigenvalue weighted by molar-refractivity contribution is 0.281. The minimum absolute atomic E-state index is 0.0537. The number of hydrogen-bond acceptors (Lipinski definition) is 5. The summed E-state index contributed by atoms with van der Waals surface area (Å²) in [6.07, 6.45) is 1.02. The Kier molecular flexibility index (Phi) is 5.23. The molecule has 0 saturated carbocycles. The molecule has 3 rings (SSSR count). The average molecular weight is 340 g/mol. The number of fused-ring (bicyclic) bond motifs is 1. The van der Waals surface area contributed by atoms with Crippen LogP contribution in [0, 0.1) is 0 Å². The molecule has 0 bridgehead atoms. The van der Waals surface area contributed by atoms with Crippen molar-refractivity contribution in [1.82, 2.24) is 9.97 Å². The van der Waals surface area contributed by atoms with Crippen molar-refractivity contribution in [3.8, 4) is 0 Å². The number of nitrogens with zero attached hydrogens (tertiary/aromatic N) is 3. The highest BCUT2D eigenvalue weighted by atomic mass is 16.3. The molecular weight excluding hydrogens is 312 g/mol. The van der Waals surface area contributed by atoms with E-state index in [1.165, 1.54) is 11.1 Å². The van der Waals surface area contributed by atoms with Crippen molar-refractivity contribution in [3.63, 3.8) is 0 Å². The molecule has 5 nitrogen and oxygen atoms in total. The molecule has 0 fully saturated rings. The lowest BCUT2D eigenvalue weighted by Gasteiger charge is -2.36. The number of hydrogen-bond donors (Lipinski definition) is 2. The molecule has 0 radical (unpaired) electrons. The number of aliphatic hydroxyl groups is 1. The number of rotatable bonds is 5. The van der Waals surface area contributed by atoms with E-state index in [4.69, 9.17) is 4.98 Å². The minimum Gasteiger partial charge on any atom is -0.394 e. The number of anilines is 2. The first-order valence-corrected chi connectivity index (χ1v) is 9.07. The molecule has 2 atom stereocenters. The number of nitrogens with one attached hydrogen (secondary N) is 1. The van der Waals surface area contributed by atoms with Gasteiger partial charge in [-0.25, -0.2) is 4.98 Å².